The van der Waals surface area contributed by atoms with Crippen LogP contribution in [0.1, 0.15) is 232 Å². The molecule has 0 saturated heterocycles. The Bertz CT molecular complexity index is 3590. The van der Waals surface area contributed by atoms with E-state index in [1.807, 2.05) is 0 Å². The second kappa shape index (κ2) is 24.3. The van der Waals surface area contributed by atoms with Gasteiger partial charge in [-0.1, -0.05) is 231 Å². The maximum absolute atomic E-state index is 6.13. The van der Waals surface area contributed by atoms with E-state index in [1.54, 1.807) is 0 Å². The molecule has 0 N–H and O–H groups in total. The molecule has 4 atom stereocenters. The van der Waals surface area contributed by atoms with Gasteiger partial charge in [0.15, 0.2) is 5.82 Å². The highest BCUT2D eigenvalue weighted by molar-refractivity contribution is 7.00. The van der Waals surface area contributed by atoms with Gasteiger partial charge in [-0.25, -0.2) is 9.97 Å². The topological polar surface area (TPSA) is 32.3 Å². The smallest absolute Gasteiger partial charge is 0.252 e. The molecule has 0 amide bonds. The number of rotatable bonds is 9. The predicted octanol–water partition coefficient (Wildman–Crippen LogP) is 22.8. The molecule has 4 aliphatic carbocycles. The Morgan fingerprint density at radius 1 is 0.330 bits per heavy atom. The molecular weight excluding hydrogens is 1100 g/mol. The Balaban J connectivity index is 1.05. The van der Waals surface area contributed by atoms with Crippen LogP contribution in [0.4, 0.5) is 34.1 Å². The second-order valence-electron chi connectivity index (χ2n) is 33.8. The Morgan fingerprint density at radius 2 is 0.681 bits per heavy atom. The number of nitrogens with zero attached hydrogens (tertiary/aromatic N) is 4. The van der Waals surface area contributed by atoms with Crippen LogP contribution in [0.2, 0.25) is 0 Å². The molecule has 4 nitrogen and oxygen atoms in total. The van der Waals surface area contributed by atoms with Crippen LogP contribution >= 0.6 is 0 Å². The number of fused-ring (bicyclic) bond motifs is 4. The van der Waals surface area contributed by atoms with E-state index in [0.29, 0.717) is 47.3 Å². The van der Waals surface area contributed by atoms with Gasteiger partial charge in [0.05, 0.1) is 0 Å². The molecule has 4 unspecified atom stereocenters. The van der Waals surface area contributed by atoms with Gasteiger partial charge in [-0.3, -0.25) is 0 Å². The van der Waals surface area contributed by atoms with E-state index in [9.17, 15) is 0 Å². The molecule has 6 aliphatic rings. The molecule has 5 heteroatoms. The molecule has 2 aliphatic heterocycles. The van der Waals surface area contributed by atoms with Crippen LogP contribution in [-0.2, 0) is 0 Å². The zero-order chi connectivity index (χ0) is 63.1. The zero-order valence-electron chi connectivity index (χ0n) is 57.4. The summed E-state index contributed by atoms with van der Waals surface area (Å²) in [5.74, 6) is 5.02. The van der Waals surface area contributed by atoms with Crippen molar-refractivity contribution in [1.82, 2.24) is 9.97 Å². The molecule has 0 bridgehead atoms. The first-order valence-corrected chi connectivity index (χ1v) is 35.9. The molecule has 14 rings (SSSR count). The Morgan fingerprint density at radius 3 is 1.03 bits per heavy atom. The normalized spacial score (nSPS) is 22.5. The fraction of sp³-hybridized carbons (Fsp3) is 0.465. The van der Waals surface area contributed by atoms with E-state index in [0.717, 1.165) is 37.1 Å². The minimum atomic E-state index is 0.00385. The number of hydrogen-bond donors (Lipinski definition) is 0. The summed E-state index contributed by atoms with van der Waals surface area (Å²) >= 11 is 0. The minimum Gasteiger partial charge on any atom is -0.311 e. The number of aromatic nitrogens is 2. The minimum absolute atomic E-state index is 0.00385. The lowest BCUT2D eigenvalue weighted by Crippen LogP contribution is -2.61. The van der Waals surface area contributed by atoms with Gasteiger partial charge in [0, 0.05) is 62.9 Å². The first kappa shape index (κ1) is 61.8. The molecule has 470 valence electrons. The van der Waals surface area contributed by atoms with E-state index >= 15 is 0 Å². The maximum Gasteiger partial charge on any atom is 0.252 e. The SMILES string of the molecule is CC(C)(C)C1CC(c2cc(C3CC(C(C)(C)C)CC(C(C)(C)C)C3)nc(-c3cc4c5c(c3)N(c3ccc(-c6ccccc6)cc3)c3cc(C6CCCCC6)ccc3B5c3ccc(C5CCCCC5)cc3N4c3ccc(-c4ccccc4)cc3)n2)CC(C(C)(C)C)C1. The van der Waals surface area contributed by atoms with E-state index in [4.69, 9.17) is 9.97 Å². The Kier molecular flexibility index (Phi) is 16.5. The molecule has 7 aromatic carbocycles. The van der Waals surface area contributed by atoms with Crippen molar-refractivity contribution in [3.63, 3.8) is 0 Å². The Hall–Kier alpha value is -6.72. The third-order valence-electron chi connectivity index (χ3n) is 23.9. The largest absolute Gasteiger partial charge is 0.311 e. The fourth-order valence-electron chi connectivity index (χ4n) is 17.9. The number of anilines is 6. The van der Waals surface area contributed by atoms with Gasteiger partial charge in [-0.15, -0.1) is 0 Å². The van der Waals surface area contributed by atoms with Gasteiger partial charge >= 0.3 is 0 Å². The maximum atomic E-state index is 6.13. The monoisotopic (exact) mass is 1200 g/mol. The standard InChI is InChI=1S/C86H103BN4/c1-83(2,3)67-45-64(46-68(53-67)84(4,5)6)75-55-76(65-47-69(85(7,8)9)54-70(48-65)86(10,11)12)89-82(88-75)66-51-79-81-80(52-66)91(72-41-35-61(36-42-72)57-27-19-14-20-28-57)78-50-63(59-31-23-16-24-32-59)38-44-74(78)87(81)73-43-37-62(58-29-21-15-22-30-58)49-77(73)90(79)71-39-33-60(34-40-71)56-25-17-13-18-26-56/h13-14,17-20,25-28,33-44,49-52,55,58-59,64-65,67-70H,15-16,21-24,29-32,45-48,53-54H2,1-12H3. The molecule has 4 fully saturated rings. The van der Waals surface area contributed by atoms with E-state index in [2.05, 4.69) is 257 Å². The van der Waals surface area contributed by atoms with E-state index < -0.39 is 0 Å². The lowest BCUT2D eigenvalue weighted by molar-refractivity contribution is 0.0677. The molecule has 3 heterocycles. The van der Waals surface area contributed by atoms with Crippen molar-refractivity contribution in [3.8, 4) is 33.6 Å². The number of hydrogen-bond acceptors (Lipinski definition) is 4. The third-order valence-corrected chi connectivity index (χ3v) is 23.9. The van der Waals surface area contributed by atoms with Crippen LogP contribution in [0.5, 0.6) is 0 Å². The summed E-state index contributed by atoms with van der Waals surface area (Å²) in [6.07, 6.45) is 20.0. The van der Waals surface area contributed by atoms with Crippen molar-refractivity contribution >= 4 is 57.2 Å². The van der Waals surface area contributed by atoms with Crippen molar-refractivity contribution in [1.29, 1.82) is 0 Å². The fourth-order valence-corrected chi connectivity index (χ4v) is 17.9. The summed E-state index contributed by atoms with van der Waals surface area (Å²) in [6, 6.07) is 64.1. The van der Waals surface area contributed by atoms with E-state index in [-0.39, 0.29) is 28.4 Å². The Labute approximate surface area is 548 Å². The summed E-state index contributed by atoms with van der Waals surface area (Å²) in [4.78, 5) is 17.6. The summed E-state index contributed by atoms with van der Waals surface area (Å²) < 4.78 is 0. The van der Waals surface area contributed by atoms with Gasteiger partial charge in [-0.05, 0) is 226 Å². The van der Waals surface area contributed by atoms with Gasteiger partial charge in [0.1, 0.15) is 0 Å². The first-order valence-electron chi connectivity index (χ1n) is 35.9. The zero-order valence-corrected chi connectivity index (χ0v) is 57.4. The highest BCUT2D eigenvalue weighted by Crippen LogP contribution is 2.55. The molecular formula is C86H103BN4. The van der Waals surface area contributed by atoms with Crippen molar-refractivity contribution in [2.75, 3.05) is 9.80 Å². The summed E-state index contributed by atoms with van der Waals surface area (Å²) in [5.41, 5.74) is 23.9. The van der Waals surface area contributed by atoms with Gasteiger partial charge in [-0.2, -0.15) is 0 Å². The van der Waals surface area contributed by atoms with Crippen molar-refractivity contribution in [3.05, 3.63) is 186 Å². The molecule has 0 spiro atoms. The van der Waals surface area contributed by atoms with Crippen molar-refractivity contribution in [2.24, 2.45) is 45.3 Å². The van der Waals surface area contributed by atoms with E-state index in [1.165, 1.54) is 172 Å². The van der Waals surface area contributed by atoms with Crippen LogP contribution in [0, 0.1) is 45.3 Å². The third kappa shape index (κ3) is 12.3. The second-order valence-corrected chi connectivity index (χ2v) is 33.8. The van der Waals surface area contributed by atoms with Gasteiger partial charge < -0.3 is 9.80 Å². The van der Waals surface area contributed by atoms with Crippen LogP contribution in [0.3, 0.4) is 0 Å². The molecule has 1 aromatic heterocycles. The molecule has 4 saturated carbocycles. The quantitative estimate of drug-likeness (QED) is 0.135. The highest BCUT2D eigenvalue weighted by Gasteiger charge is 2.47. The molecule has 8 aromatic rings. The van der Waals surface area contributed by atoms with Gasteiger partial charge in [0.25, 0.3) is 6.71 Å². The lowest BCUT2D eigenvalue weighted by atomic mass is 9.33. The number of benzene rings is 7. The first-order chi connectivity index (χ1) is 43.6. The molecule has 0 radical (unpaired) electrons. The highest BCUT2D eigenvalue weighted by atomic mass is 15.2. The summed E-state index contributed by atoms with van der Waals surface area (Å²) in [7, 11) is 0. The van der Waals surface area contributed by atoms with Crippen LogP contribution in [0.15, 0.2) is 164 Å². The predicted molar refractivity (Wildman–Crippen MR) is 389 cm³/mol. The molecule has 91 heavy (non-hydrogen) atoms. The van der Waals surface area contributed by atoms with Crippen LogP contribution in [0.25, 0.3) is 33.6 Å². The lowest BCUT2D eigenvalue weighted by Gasteiger charge is -2.46. The van der Waals surface area contributed by atoms with Gasteiger partial charge in [0.2, 0.25) is 0 Å². The summed E-state index contributed by atoms with van der Waals surface area (Å²) in [6.45, 7) is 30.0. The van der Waals surface area contributed by atoms with Crippen molar-refractivity contribution in [2.45, 2.75) is 209 Å². The van der Waals surface area contributed by atoms with Crippen LogP contribution < -0.4 is 26.2 Å². The summed E-state index contributed by atoms with van der Waals surface area (Å²) in [5, 5.41) is 0. The average Bonchev–Trinajstić information content (AvgIpc) is 0.747. The van der Waals surface area contributed by atoms with Crippen molar-refractivity contribution < 1.29 is 0 Å². The van der Waals surface area contributed by atoms with Crippen LogP contribution in [-0.4, -0.2) is 16.7 Å². The average molecular weight is 1200 g/mol.